The Morgan fingerprint density at radius 2 is 1.83 bits per heavy atom. The molecule has 8 heteroatoms. The van der Waals surface area contributed by atoms with Crippen LogP contribution >= 0.6 is 0 Å². The second-order valence-corrected chi connectivity index (χ2v) is 6.68. The van der Waals surface area contributed by atoms with Gasteiger partial charge >= 0.3 is 11.9 Å². The molecule has 2 aromatic heterocycles. The van der Waals surface area contributed by atoms with Crippen LogP contribution in [0, 0.1) is 6.92 Å². The highest BCUT2D eigenvalue weighted by Gasteiger charge is 2.17. The van der Waals surface area contributed by atoms with Crippen molar-refractivity contribution >= 4 is 23.0 Å². The SMILES string of the molecule is COC(=O)c1cc(COC(=O)c2ccc(Cn3nnc4ccccc43)cc2)oc1C. The van der Waals surface area contributed by atoms with Gasteiger partial charge in [0.25, 0.3) is 0 Å². The molecule has 0 atom stereocenters. The largest absolute Gasteiger partial charge is 0.465 e. The first kappa shape index (κ1) is 19.4. The van der Waals surface area contributed by atoms with E-state index in [1.54, 1.807) is 23.7 Å². The van der Waals surface area contributed by atoms with Gasteiger partial charge in [-0.25, -0.2) is 14.3 Å². The molecule has 0 fully saturated rings. The lowest BCUT2D eigenvalue weighted by Gasteiger charge is -2.05. The lowest BCUT2D eigenvalue weighted by molar-refractivity contribution is 0.0444. The molecule has 2 heterocycles. The Kier molecular flexibility index (Phi) is 5.30. The number of carbonyl (C=O) groups excluding carboxylic acids is 2. The van der Waals surface area contributed by atoms with Gasteiger partial charge in [0.2, 0.25) is 0 Å². The van der Waals surface area contributed by atoms with E-state index in [4.69, 9.17) is 9.15 Å². The second kappa shape index (κ2) is 8.20. The normalized spacial score (nSPS) is 10.9. The minimum Gasteiger partial charge on any atom is -0.465 e. The summed E-state index contributed by atoms with van der Waals surface area (Å²) in [6.07, 6.45) is 0. The molecule has 0 radical (unpaired) electrons. The predicted octanol–water partition coefficient (Wildman–Crippen LogP) is 3.52. The molecule has 2 aromatic carbocycles. The Morgan fingerprint density at radius 3 is 2.60 bits per heavy atom. The summed E-state index contributed by atoms with van der Waals surface area (Å²) < 4.78 is 17.2. The van der Waals surface area contributed by atoms with E-state index in [9.17, 15) is 9.59 Å². The topological polar surface area (TPSA) is 96.5 Å². The fourth-order valence-electron chi connectivity index (χ4n) is 3.10. The van der Waals surface area contributed by atoms with E-state index in [0.29, 0.717) is 29.2 Å². The summed E-state index contributed by atoms with van der Waals surface area (Å²) in [7, 11) is 1.30. The van der Waals surface area contributed by atoms with Crippen molar-refractivity contribution in [2.45, 2.75) is 20.1 Å². The number of para-hydroxylation sites is 1. The number of methoxy groups -OCH3 is 1. The molecule has 0 saturated heterocycles. The number of aryl methyl sites for hydroxylation is 1. The number of aromatic nitrogens is 3. The Morgan fingerprint density at radius 1 is 1.07 bits per heavy atom. The zero-order chi connectivity index (χ0) is 21.1. The van der Waals surface area contributed by atoms with Crippen LogP contribution in [0.2, 0.25) is 0 Å². The maximum absolute atomic E-state index is 12.3. The Bertz CT molecular complexity index is 1210. The van der Waals surface area contributed by atoms with Crippen molar-refractivity contribution in [3.63, 3.8) is 0 Å². The number of rotatable bonds is 6. The molecule has 0 saturated carbocycles. The highest BCUT2D eigenvalue weighted by Crippen LogP contribution is 2.18. The van der Waals surface area contributed by atoms with Crippen LogP contribution in [0.1, 0.15) is 37.8 Å². The van der Waals surface area contributed by atoms with Gasteiger partial charge in [-0.3, -0.25) is 0 Å². The van der Waals surface area contributed by atoms with Crippen molar-refractivity contribution in [2.75, 3.05) is 7.11 Å². The van der Waals surface area contributed by atoms with Gasteiger partial charge in [-0.1, -0.05) is 29.5 Å². The average molecular weight is 405 g/mol. The standard InChI is InChI=1S/C22H19N3O5/c1-14-18(22(27)28-2)11-17(30-14)13-29-21(26)16-9-7-15(8-10-16)12-25-20-6-4-3-5-19(20)23-24-25/h3-11H,12-13H2,1-2H3. The third kappa shape index (κ3) is 3.93. The summed E-state index contributed by atoms with van der Waals surface area (Å²) >= 11 is 0. The van der Waals surface area contributed by atoms with E-state index in [2.05, 4.69) is 15.0 Å². The van der Waals surface area contributed by atoms with Crippen LogP contribution in [0.4, 0.5) is 0 Å². The van der Waals surface area contributed by atoms with Gasteiger partial charge in [-0.2, -0.15) is 0 Å². The number of fused-ring (bicyclic) bond motifs is 1. The van der Waals surface area contributed by atoms with E-state index < -0.39 is 11.9 Å². The summed E-state index contributed by atoms with van der Waals surface area (Å²) in [6.45, 7) is 2.11. The van der Waals surface area contributed by atoms with E-state index in [1.165, 1.54) is 13.2 Å². The highest BCUT2D eigenvalue weighted by molar-refractivity contribution is 5.91. The molecule has 8 nitrogen and oxygen atoms in total. The molecular formula is C22H19N3O5. The number of benzene rings is 2. The summed E-state index contributed by atoms with van der Waals surface area (Å²) in [5, 5.41) is 8.31. The molecule has 0 spiro atoms. The van der Waals surface area contributed by atoms with E-state index in [-0.39, 0.29) is 6.61 Å². The summed E-state index contributed by atoms with van der Waals surface area (Å²) in [5.74, 6) is -0.195. The van der Waals surface area contributed by atoms with Crippen molar-refractivity contribution in [3.8, 4) is 0 Å². The minimum absolute atomic E-state index is 0.0800. The number of nitrogens with zero attached hydrogens (tertiary/aromatic N) is 3. The van der Waals surface area contributed by atoms with E-state index >= 15 is 0 Å². The summed E-state index contributed by atoms with van der Waals surface area (Å²) in [5.41, 5.74) is 3.49. The van der Waals surface area contributed by atoms with Gasteiger partial charge in [0.15, 0.2) is 0 Å². The Labute approximate surface area is 172 Å². The molecule has 0 unspecified atom stereocenters. The number of carbonyl (C=O) groups is 2. The van der Waals surface area contributed by atoms with Crippen LogP contribution in [-0.4, -0.2) is 34.0 Å². The highest BCUT2D eigenvalue weighted by atomic mass is 16.5. The van der Waals surface area contributed by atoms with Gasteiger partial charge < -0.3 is 13.9 Å². The lowest BCUT2D eigenvalue weighted by atomic mass is 10.1. The molecule has 0 N–H and O–H groups in total. The zero-order valence-electron chi connectivity index (χ0n) is 16.5. The van der Waals surface area contributed by atoms with Crippen LogP contribution in [0.3, 0.4) is 0 Å². The molecule has 4 rings (SSSR count). The first-order valence-electron chi connectivity index (χ1n) is 9.27. The second-order valence-electron chi connectivity index (χ2n) is 6.68. The average Bonchev–Trinajstić information content (AvgIpc) is 3.35. The summed E-state index contributed by atoms with van der Waals surface area (Å²) in [6, 6.07) is 16.3. The molecule has 152 valence electrons. The number of hydrogen-bond acceptors (Lipinski definition) is 7. The van der Waals surface area contributed by atoms with Crippen LogP contribution < -0.4 is 0 Å². The van der Waals surface area contributed by atoms with Crippen molar-refractivity contribution in [1.29, 1.82) is 0 Å². The molecule has 0 aliphatic carbocycles. The van der Waals surface area contributed by atoms with Crippen molar-refractivity contribution in [3.05, 3.63) is 82.8 Å². The third-order valence-electron chi connectivity index (χ3n) is 4.66. The lowest BCUT2D eigenvalue weighted by Crippen LogP contribution is -2.06. The van der Waals surface area contributed by atoms with Crippen molar-refractivity contribution in [1.82, 2.24) is 15.0 Å². The molecule has 30 heavy (non-hydrogen) atoms. The zero-order valence-corrected chi connectivity index (χ0v) is 16.5. The van der Waals surface area contributed by atoms with Gasteiger partial charge in [-0.05, 0) is 42.8 Å². The molecule has 0 bridgehead atoms. The Balaban J connectivity index is 1.39. The van der Waals surface area contributed by atoms with Gasteiger partial charge in [0, 0.05) is 0 Å². The molecule has 4 aromatic rings. The number of hydrogen-bond donors (Lipinski definition) is 0. The van der Waals surface area contributed by atoms with Crippen LogP contribution in [0.5, 0.6) is 0 Å². The molecule has 0 aliphatic rings. The fraction of sp³-hybridized carbons (Fsp3) is 0.182. The van der Waals surface area contributed by atoms with E-state index in [1.807, 2.05) is 36.4 Å². The van der Waals surface area contributed by atoms with Gasteiger partial charge in [0.05, 0.1) is 24.7 Å². The summed E-state index contributed by atoms with van der Waals surface area (Å²) in [4.78, 5) is 23.9. The fourth-order valence-corrected chi connectivity index (χ4v) is 3.10. The maximum Gasteiger partial charge on any atom is 0.341 e. The van der Waals surface area contributed by atoms with Gasteiger partial charge in [-0.15, -0.1) is 5.10 Å². The number of esters is 2. The van der Waals surface area contributed by atoms with E-state index in [0.717, 1.165) is 16.6 Å². The molecular weight excluding hydrogens is 386 g/mol. The quantitative estimate of drug-likeness (QED) is 0.453. The molecule has 0 amide bonds. The first-order valence-corrected chi connectivity index (χ1v) is 9.27. The van der Waals surface area contributed by atoms with Gasteiger partial charge in [0.1, 0.15) is 29.2 Å². The minimum atomic E-state index is -0.496. The third-order valence-corrected chi connectivity index (χ3v) is 4.66. The first-order chi connectivity index (χ1) is 14.5. The predicted molar refractivity (Wildman–Crippen MR) is 107 cm³/mol. The number of furan rings is 1. The monoisotopic (exact) mass is 405 g/mol. The van der Waals surface area contributed by atoms with Crippen LogP contribution in [0.15, 0.2) is 59.0 Å². The van der Waals surface area contributed by atoms with Crippen molar-refractivity contribution < 1.29 is 23.5 Å². The smallest absolute Gasteiger partial charge is 0.341 e. The van der Waals surface area contributed by atoms with Crippen LogP contribution in [-0.2, 0) is 22.6 Å². The number of ether oxygens (including phenoxy) is 2. The van der Waals surface area contributed by atoms with Crippen LogP contribution in [0.25, 0.3) is 11.0 Å². The molecule has 0 aliphatic heterocycles. The Hall–Kier alpha value is -3.94. The maximum atomic E-state index is 12.3. The van der Waals surface area contributed by atoms with Crippen molar-refractivity contribution in [2.24, 2.45) is 0 Å².